The lowest BCUT2D eigenvalue weighted by Gasteiger charge is -2.16. The topological polar surface area (TPSA) is 9.23 Å². The van der Waals surface area contributed by atoms with Crippen LogP contribution in [0.25, 0.3) is 5.57 Å². The van der Waals surface area contributed by atoms with Crippen molar-refractivity contribution in [2.75, 3.05) is 7.11 Å². The molecule has 0 fully saturated rings. The second-order valence-corrected chi connectivity index (χ2v) is 5.11. The molecule has 4 heteroatoms. The molecule has 1 nitrogen and oxygen atoms in total. The molecule has 1 aromatic carbocycles. The highest BCUT2D eigenvalue weighted by molar-refractivity contribution is 9.11. The number of hydrogen-bond donors (Lipinski definition) is 0. The average Bonchev–Trinajstić information content (AvgIpc) is 2.30. The third-order valence-electron chi connectivity index (χ3n) is 2.63. The maximum atomic E-state index is 13.9. The molecule has 0 saturated heterocycles. The summed E-state index contributed by atoms with van der Waals surface area (Å²) in [6.07, 6.45) is 3.11. The Bertz CT molecular complexity index is 508. The summed E-state index contributed by atoms with van der Waals surface area (Å²) in [5.41, 5.74) is 1.28. The SMILES string of the molecule is COc1cc(Cl)ccc1C1=C(Br)CCC=C1F. The average molecular weight is 318 g/mol. The van der Waals surface area contributed by atoms with Crippen molar-refractivity contribution in [3.05, 3.63) is 45.2 Å². The van der Waals surface area contributed by atoms with Crippen molar-refractivity contribution in [1.29, 1.82) is 0 Å². The van der Waals surface area contributed by atoms with E-state index in [1.807, 2.05) is 0 Å². The van der Waals surface area contributed by atoms with E-state index in [1.54, 1.807) is 31.4 Å². The van der Waals surface area contributed by atoms with Crippen LogP contribution in [0.2, 0.25) is 5.02 Å². The lowest BCUT2D eigenvalue weighted by molar-refractivity contribution is 0.413. The standard InChI is InChI=1S/C13H11BrClFO/c1-17-12-7-8(15)5-6-9(12)13-10(14)3-2-4-11(13)16/h4-7H,2-3H2,1H3. The Kier molecular flexibility index (Phi) is 3.89. The highest BCUT2D eigenvalue weighted by atomic mass is 79.9. The third kappa shape index (κ3) is 2.55. The maximum Gasteiger partial charge on any atom is 0.128 e. The molecule has 0 heterocycles. The number of benzene rings is 1. The maximum absolute atomic E-state index is 13.9. The van der Waals surface area contributed by atoms with E-state index in [0.29, 0.717) is 22.8 Å². The zero-order chi connectivity index (χ0) is 12.4. The Hall–Kier alpha value is -0.800. The van der Waals surface area contributed by atoms with Gasteiger partial charge in [0.2, 0.25) is 0 Å². The molecular formula is C13H11BrClFO. The second kappa shape index (κ2) is 5.23. The number of allylic oxidation sites excluding steroid dienone is 4. The molecule has 0 unspecified atom stereocenters. The number of halogens is 3. The highest BCUT2D eigenvalue weighted by Gasteiger charge is 2.19. The Labute approximate surface area is 113 Å². The summed E-state index contributed by atoms with van der Waals surface area (Å²) in [5.74, 6) is 0.360. The first-order chi connectivity index (χ1) is 8.13. The summed E-state index contributed by atoms with van der Waals surface area (Å²) in [5, 5.41) is 0.572. The fourth-order valence-corrected chi connectivity index (χ4v) is 2.62. The van der Waals surface area contributed by atoms with Gasteiger partial charge in [-0.1, -0.05) is 27.5 Å². The lowest BCUT2D eigenvalue weighted by atomic mass is 9.97. The first-order valence-electron chi connectivity index (χ1n) is 5.22. The predicted molar refractivity (Wildman–Crippen MR) is 72.3 cm³/mol. The molecular weight excluding hydrogens is 306 g/mol. The first-order valence-corrected chi connectivity index (χ1v) is 6.39. The summed E-state index contributed by atoms with van der Waals surface area (Å²) in [4.78, 5) is 0. The van der Waals surface area contributed by atoms with E-state index in [-0.39, 0.29) is 5.83 Å². The van der Waals surface area contributed by atoms with Crippen molar-refractivity contribution >= 4 is 33.1 Å². The lowest BCUT2D eigenvalue weighted by Crippen LogP contribution is -1.97. The van der Waals surface area contributed by atoms with Gasteiger partial charge in [0, 0.05) is 20.6 Å². The Morgan fingerprint density at radius 1 is 1.41 bits per heavy atom. The molecule has 1 aliphatic rings. The van der Waals surface area contributed by atoms with Gasteiger partial charge in [-0.3, -0.25) is 0 Å². The molecule has 0 radical (unpaired) electrons. The van der Waals surface area contributed by atoms with Crippen molar-refractivity contribution in [1.82, 2.24) is 0 Å². The smallest absolute Gasteiger partial charge is 0.128 e. The minimum Gasteiger partial charge on any atom is -0.496 e. The van der Waals surface area contributed by atoms with Crippen LogP contribution in [0.15, 0.2) is 34.6 Å². The number of ether oxygens (including phenoxy) is 1. The van der Waals surface area contributed by atoms with E-state index in [9.17, 15) is 4.39 Å². The van der Waals surface area contributed by atoms with Gasteiger partial charge in [0.1, 0.15) is 11.6 Å². The van der Waals surface area contributed by atoms with Crippen molar-refractivity contribution in [3.63, 3.8) is 0 Å². The van der Waals surface area contributed by atoms with Crippen LogP contribution in [0.5, 0.6) is 5.75 Å². The van der Waals surface area contributed by atoms with E-state index >= 15 is 0 Å². The molecule has 0 amide bonds. The fourth-order valence-electron chi connectivity index (χ4n) is 1.83. The highest BCUT2D eigenvalue weighted by Crippen LogP contribution is 2.41. The van der Waals surface area contributed by atoms with Crippen LogP contribution >= 0.6 is 27.5 Å². The number of rotatable bonds is 2. The summed E-state index contributed by atoms with van der Waals surface area (Å²) in [7, 11) is 1.55. The van der Waals surface area contributed by atoms with E-state index < -0.39 is 0 Å². The van der Waals surface area contributed by atoms with Crippen molar-refractivity contribution < 1.29 is 9.13 Å². The van der Waals surface area contributed by atoms with Crippen molar-refractivity contribution in [2.24, 2.45) is 0 Å². The van der Waals surface area contributed by atoms with Gasteiger partial charge in [-0.2, -0.15) is 0 Å². The van der Waals surface area contributed by atoms with E-state index in [4.69, 9.17) is 16.3 Å². The minimum atomic E-state index is -0.219. The Morgan fingerprint density at radius 2 is 2.18 bits per heavy atom. The van der Waals surface area contributed by atoms with Crippen LogP contribution in [0.1, 0.15) is 18.4 Å². The number of methoxy groups -OCH3 is 1. The molecule has 0 atom stereocenters. The zero-order valence-corrected chi connectivity index (χ0v) is 11.6. The molecule has 0 aliphatic heterocycles. The predicted octanol–water partition coefficient (Wildman–Crippen LogP) is 5.10. The van der Waals surface area contributed by atoms with Crippen LogP contribution in [-0.2, 0) is 0 Å². The minimum absolute atomic E-state index is 0.219. The number of hydrogen-bond acceptors (Lipinski definition) is 1. The van der Waals surface area contributed by atoms with E-state index in [0.717, 1.165) is 16.5 Å². The summed E-state index contributed by atoms with van der Waals surface area (Å²) in [6.45, 7) is 0. The molecule has 1 aliphatic carbocycles. The Morgan fingerprint density at radius 3 is 2.82 bits per heavy atom. The van der Waals surface area contributed by atoms with E-state index in [1.165, 1.54) is 0 Å². The summed E-state index contributed by atoms with van der Waals surface area (Å²) in [6, 6.07) is 5.19. The van der Waals surface area contributed by atoms with Crippen LogP contribution in [0, 0.1) is 0 Å². The quantitative estimate of drug-likeness (QED) is 0.737. The van der Waals surface area contributed by atoms with Gasteiger partial charge in [-0.05, 0) is 37.1 Å². The van der Waals surface area contributed by atoms with Crippen LogP contribution in [-0.4, -0.2) is 7.11 Å². The molecule has 0 saturated carbocycles. The monoisotopic (exact) mass is 316 g/mol. The van der Waals surface area contributed by atoms with Gasteiger partial charge in [0.15, 0.2) is 0 Å². The fraction of sp³-hybridized carbons (Fsp3) is 0.231. The summed E-state index contributed by atoms with van der Waals surface area (Å²) < 4.78 is 20.0. The van der Waals surface area contributed by atoms with Gasteiger partial charge < -0.3 is 4.74 Å². The molecule has 0 bridgehead atoms. The van der Waals surface area contributed by atoms with Gasteiger partial charge in [-0.25, -0.2) is 4.39 Å². The van der Waals surface area contributed by atoms with Crippen molar-refractivity contribution in [3.8, 4) is 5.75 Å². The molecule has 0 aromatic heterocycles. The first kappa shape index (κ1) is 12.7. The Balaban J connectivity index is 2.57. The molecule has 0 spiro atoms. The van der Waals surface area contributed by atoms with Gasteiger partial charge in [0.25, 0.3) is 0 Å². The zero-order valence-electron chi connectivity index (χ0n) is 9.27. The van der Waals surface area contributed by atoms with E-state index in [2.05, 4.69) is 15.9 Å². The van der Waals surface area contributed by atoms with Gasteiger partial charge in [-0.15, -0.1) is 0 Å². The van der Waals surface area contributed by atoms with Crippen LogP contribution < -0.4 is 4.74 Å². The normalized spacial score (nSPS) is 15.9. The summed E-state index contributed by atoms with van der Waals surface area (Å²) >= 11 is 9.32. The molecule has 2 rings (SSSR count). The molecule has 0 N–H and O–H groups in total. The van der Waals surface area contributed by atoms with Crippen LogP contribution in [0.3, 0.4) is 0 Å². The largest absolute Gasteiger partial charge is 0.496 e. The van der Waals surface area contributed by atoms with Gasteiger partial charge in [0.05, 0.1) is 7.11 Å². The van der Waals surface area contributed by atoms with Crippen LogP contribution in [0.4, 0.5) is 4.39 Å². The molecule has 1 aromatic rings. The second-order valence-electron chi connectivity index (χ2n) is 3.72. The third-order valence-corrected chi connectivity index (χ3v) is 3.66. The molecule has 90 valence electrons. The van der Waals surface area contributed by atoms with Gasteiger partial charge >= 0.3 is 0 Å². The van der Waals surface area contributed by atoms with Crippen molar-refractivity contribution in [2.45, 2.75) is 12.8 Å². The molecule has 17 heavy (non-hydrogen) atoms.